The number of rotatable bonds is 5. The third kappa shape index (κ3) is 4.50. The van der Waals surface area contributed by atoms with E-state index in [1.165, 1.54) is 0 Å². The maximum atomic E-state index is 13.3. The van der Waals surface area contributed by atoms with Gasteiger partial charge < -0.3 is 29.6 Å². The van der Waals surface area contributed by atoms with Crippen LogP contribution in [0.2, 0.25) is 0 Å². The first-order valence-corrected chi connectivity index (χ1v) is 11.7. The predicted molar refractivity (Wildman–Crippen MR) is 131 cm³/mol. The number of nitrogens with one attached hydrogen (secondary N) is 2. The van der Waals surface area contributed by atoms with Gasteiger partial charge in [0.05, 0.1) is 11.0 Å². The number of ether oxygens (including phenoxy) is 2. The zero-order valence-electron chi connectivity index (χ0n) is 19.4. The van der Waals surface area contributed by atoms with E-state index in [0.29, 0.717) is 48.6 Å². The SMILES string of the molecule is CC(C)Cn1c(=O)c(N2CCC(NC(=O)Nc3ccc4c(c3)OCO4)CC2)nc2ccccc21. The lowest BCUT2D eigenvalue weighted by Crippen LogP contribution is -2.47. The van der Waals surface area contributed by atoms with Crippen LogP contribution in [0.4, 0.5) is 16.3 Å². The van der Waals surface area contributed by atoms with E-state index in [-0.39, 0.29) is 24.4 Å². The molecule has 0 bridgehead atoms. The van der Waals surface area contributed by atoms with Crippen LogP contribution in [0.1, 0.15) is 26.7 Å². The van der Waals surface area contributed by atoms with Crippen molar-refractivity contribution in [3.63, 3.8) is 0 Å². The second-order valence-corrected chi connectivity index (χ2v) is 9.16. The molecule has 2 amide bonds. The van der Waals surface area contributed by atoms with Gasteiger partial charge in [-0.15, -0.1) is 0 Å². The molecule has 9 nitrogen and oxygen atoms in total. The number of para-hydroxylation sites is 2. The van der Waals surface area contributed by atoms with Gasteiger partial charge in [0.1, 0.15) is 0 Å². The van der Waals surface area contributed by atoms with Gasteiger partial charge in [0.2, 0.25) is 6.79 Å². The summed E-state index contributed by atoms with van der Waals surface area (Å²) in [7, 11) is 0. The standard InChI is InChI=1S/C25H29N5O4/c1-16(2)14-30-20-6-4-3-5-19(20)28-23(24(30)31)29-11-9-17(10-12-29)26-25(32)27-18-7-8-21-22(13-18)34-15-33-21/h3-8,13,16-17H,9-12,14-15H2,1-2H3,(H2,26,27,32). The number of piperidine rings is 1. The quantitative estimate of drug-likeness (QED) is 0.600. The molecule has 2 aliphatic rings. The Morgan fingerprint density at radius 2 is 1.88 bits per heavy atom. The lowest BCUT2D eigenvalue weighted by molar-refractivity contribution is 0.174. The Balaban J connectivity index is 1.24. The fraction of sp³-hybridized carbons (Fsp3) is 0.400. The zero-order chi connectivity index (χ0) is 23.7. The van der Waals surface area contributed by atoms with Gasteiger partial charge in [-0.05, 0) is 43.0 Å². The Morgan fingerprint density at radius 1 is 1.12 bits per heavy atom. The van der Waals surface area contributed by atoms with Crippen LogP contribution >= 0.6 is 0 Å². The Hall–Kier alpha value is -3.75. The van der Waals surface area contributed by atoms with Gasteiger partial charge in [0.25, 0.3) is 5.56 Å². The lowest BCUT2D eigenvalue weighted by atomic mass is 10.1. The Bertz CT molecular complexity index is 1260. The molecule has 2 aromatic carbocycles. The number of fused-ring (bicyclic) bond motifs is 2. The van der Waals surface area contributed by atoms with Gasteiger partial charge >= 0.3 is 6.03 Å². The van der Waals surface area contributed by atoms with Crippen LogP contribution in [0.25, 0.3) is 11.0 Å². The molecule has 3 aromatic rings. The van der Waals surface area contributed by atoms with Crippen molar-refractivity contribution in [2.75, 3.05) is 30.1 Å². The molecule has 0 radical (unpaired) electrons. The van der Waals surface area contributed by atoms with Crippen LogP contribution in [0, 0.1) is 5.92 Å². The summed E-state index contributed by atoms with van der Waals surface area (Å²) < 4.78 is 12.5. The first-order valence-electron chi connectivity index (χ1n) is 11.7. The van der Waals surface area contributed by atoms with Gasteiger partial charge in [0.15, 0.2) is 17.3 Å². The van der Waals surface area contributed by atoms with E-state index < -0.39 is 0 Å². The number of hydrogen-bond acceptors (Lipinski definition) is 6. The number of benzene rings is 2. The highest BCUT2D eigenvalue weighted by Crippen LogP contribution is 2.34. The van der Waals surface area contributed by atoms with Crippen LogP contribution in [-0.2, 0) is 6.54 Å². The first-order chi connectivity index (χ1) is 16.5. The highest BCUT2D eigenvalue weighted by molar-refractivity contribution is 5.90. The minimum absolute atomic E-state index is 0.0172. The third-order valence-corrected chi connectivity index (χ3v) is 6.14. The number of carbonyl (C=O) groups excluding carboxylic acids is 1. The maximum absolute atomic E-state index is 13.3. The second kappa shape index (κ2) is 9.24. The molecule has 0 aliphatic carbocycles. The molecular weight excluding hydrogens is 434 g/mol. The summed E-state index contributed by atoms with van der Waals surface area (Å²) in [6, 6.07) is 12.8. The lowest BCUT2D eigenvalue weighted by Gasteiger charge is -2.33. The molecule has 0 spiro atoms. The Morgan fingerprint density at radius 3 is 2.68 bits per heavy atom. The summed E-state index contributed by atoms with van der Waals surface area (Å²) in [6.07, 6.45) is 1.46. The van der Waals surface area contributed by atoms with Gasteiger partial charge in [0, 0.05) is 37.4 Å². The van der Waals surface area contributed by atoms with Crippen molar-refractivity contribution in [1.82, 2.24) is 14.9 Å². The minimum Gasteiger partial charge on any atom is -0.454 e. The van der Waals surface area contributed by atoms with E-state index in [2.05, 4.69) is 24.5 Å². The molecule has 34 heavy (non-hydrogen) atoms. The van der Waals surface area contributed by atoms with E-state index >= 15 is 0 Å². The summed E-state index contributed by atoms with van der Waals surface area (Å²) in [4.78, 5) is 32.6. The highest BCUT2D eigenvalue weighted by atomic mass is 16.7. The Labute approximate surface area is 197 Å². The normalized spacial score (nSPS) is 15.7. The molecular formula is C25H29N5O4. The molecule has 3 heterocycles. The minimum atomic E-state index is -0.263. The van der Waals surface area contributed by atoms with Gasteiger partial charge in [-0.1, -0.05) is 26.0 Å². The molecule has 178 valence electrons. The molecule has 9 heteroatoms. The van der Waals surface area contributed by atoms with E-state index in [1.807, 2.05) is 33.7 Å². The van der Waals surface area contributed by atoms with Crippen molar-refractivity contribution in [3.8, 4) is 11.5 Å². The summed E-state index contributed by atoms with van der Waals surface area (Å²) >= 11 is 0. The maximum Gasteiger partial charge on any atom is 0.319 e. The van der Waals surface area contributed by atoms with Gasteiger partial charge in [-0.25, -0.2) is 9.78 Å². The van der Waals surface area contributed by atoms with Gasteiger partial charge in [-0.2, -0.15) is 0 Å². The number of carbonyl (C=O) groups is 1. The average Bonchev–Trinajstić information content (AvgIpc) is 3.29. The number of urea groups is 1. The van der Waals surface area contributed by atoms with Crippen LogP contribution in [0.5, 0.6) is 11.5 Å². The van der Waals surface area contributed by atoms with Crippen LogP contribution in [0.15, 0.2) is 47.3 Å². The van der Waals surface area contributed by atoms with Crippen LogP contribution in [-0.4, -0.2) is 41.5 Å². The van der Waals surface area contributed by atoms with E-state index in [0.717, 1.165) is 23.9 Å². The monoisotopic (exact) mass is 463 g/mol. The fourth-order valence-corrected chi connectivity index (χ4v) is 4.49. The largest absolute Gasteiger partial charge is 0.454 e. The number of anilines is 2. The van der Waals surface area contributed by atoms with Gasteiger partial charge in [-0.3, -0.25) is 4.79 Å². The van der Waals surface area contributed by atoms with E-state index in [9.17, 15) is 9.59 Å². The highest BCUT2D eigenvalue weighted by Gasteiger charge is 2.25. The predicted octanol–water partition coefficient (Wildman–Crippen LogP) is 3.57. The van der Waals surface area contributed by atoms with Crippen molar-refractivity contribution in [2.24, 2.45) is 5.92 Å². The zero-order valence-corrected chi connectivity index (χ0v) is 19.4. The molecule has 2 N–H and O–H groups in total. The van der Waals surface area contributed by atoms with E-state index in [1.54, 1.807) is 18.2 Å². The third-order valence-electron chi connectivity index (χ3n) is 6.14. The van der Waals surface area contributed by atoms with Crippen molar-refractivity contribution >= 4 is 28.6 Å². The van der Waals surface area contributed by atoms with Crippen molar-refractivity contribution in [1.29, 1.82) is 0 Å². The molecule has 1 fully saturated rings. The van der Waals surface area contributed by atoms with Crippen LogP contribution < -0.4 is 30.6 Å². The van der Waals surface area contributed by atoms with Crippen LogP contribution in [0.3, 0.4) is 0 Å². The molecule has 0 atom stereocenters. The second-order valence-electron chi connectivity index (χ2n) is 9.16. The number of nitrogens with zero attached hydrogens (tertiary/aromatic N) is 3. The van der Waals surface area contributed by atoms with Crippen molar-refractivity contribution in [2.45, 2.75) is 39.3 Å². The summed E-state index contributed by atoms with van der Waals surface area (Å²) in [5, 5.41) is 5.89. The average molecular weight is 464 g/mol. The smallest absolute Gasteiger partial charge is 0.319 e. The van der Waals surface area contributed by atoms with Crippen molar-refractivity contribution < 1.29 is 14.3 Å². The fourth-order valence-electron chi connectivity index (χ4n) is 4.49. The van der Waals surface area contributed by atoms with E-state index in [4.69, 9.17) is 14.5 Å². The van der Waals surface area contributed by atoms with Crippen molar-refractivity contribution in [3.05, 3.63) is 52.8 Å². The number of amides is 2. The topological polar surface area (TPSA) is 97.7 Å². The molecule has 1 saturated heterocycles. The number of hydrogen-bond donors (Lipinski definition) is 2. The molecule has 0 saturated carbocycles. The molecule has 5 rings (SSSR count). The molecule has 2 aliphatic heterocycles. The first kappa shape index (κ1) is 22.1. The molecule has 0 unspecified atom stereocenters. The summed E-state index contributed by atoms with van der Waals surface area (Å²) in [5.74, 6) is 2.13. The summed E-state index contributed by atoms with van der Waals surface area (Å²) in [6.45, 7) is 6.35. The molecule has 1 aromatic heterocycles. The summed E-state index contributed by atoms with van der Waals surface area (Å²) in [5.41, 5.74) is 2.27. The number of aromatic nitrogens is 2. The Kier molecular flexibility index (Phi) is 6.00.